The van der Waals surface area contributed by atoms with Gasteiger partial charge < -0.3 is 10.3 Å². The van der Waals surface area contributed by atoms with Crippen molar-refractivity contribution >= 4 is 27.5 Å². The molecule has 3 heterocycles. The van der Waals surface area contributed by atoms with Gasteiger partial charge in [-0.15, -0.1) is 11.3 Å². The van der Waals surface area contributed by atoms with Crippen molar-refractivity contribution in [1.29, 1.82) is 0 Å². The molecule has 1 aromatic carbocycles. The molecule has 1 atom stereocenters. The Balaban J connectivity index is 1.91. The topological polar surface area (TPSA) is 84.0 Å². The Bertz CT molecular complexity index is 1080. The van der Waals surface area contributed by atoms with Crippen molar-refractivity contribution in [1.82, 2.24) is 14.9 Å². The van der Waals surface area contributed by atoms with Crippen LogP contribution in [0.25, 0.3) is 20.7 Å². The van der Waals surface area contributed by atoms with Crippen molar-refractivity contribution in [2.75, 3.05) is 6.54 Å². The van der Waals surface area contributed by atoms with Crippen LogP contribution in [0.5, 0.6) is 0 Å². The monoisotopic (exact) mass is 341 g/mol. The number of carbonyl (C=O) groups is 1. The minimum absolute atomic E-state index is 0.141. The standard InChI is InChI=1S/C17H15N3O3S/c1-9-4-2-3-5-11(9)13-7-12-15(24-13)16(22)20(17(23)19-12)10-6-14(21)18-8-10/h2-5,7,10H,6,8H2,1H3,(H,18,21)(H,19,23)/t10-/m0/s1. The first-order valence-electron chi connectivity index (χ1n) is 7.65. The molecule has 24 heavy (non-hydrogen) atoms. The fraction of sp³-hybridized carbons (Fsp3) is 0.235. The van der Waals surface area contributed by atoms with E-state index in [2.05, 4.69) is 10.3 Å². The average molecular weight is 341 g/mol. The summed E-state index contributed by atoms with van der Waals surface area (Å²) >= 11 is 1.36. The van der Waals surface area contributed by atoms with Crippen LogP contribution in [0.4, 0.5) is 0 Å². The van der Waals surface area contributed by atoms with Crippen molar-refractivity contribution in [3.05, 3.63) is 56.7 Å². The zero-order valence-corrected chi connectivity index (χ0v) is 13.8. The zero-order valence-electron chi connectivity index (χ0n) is 13.0. The normalized spacial score (nSPS) is 17.4. The van der Waals surface area contributed by atoms with Gasteiger partial charge in [0.05, 0.1) is 11.6 Å². The number of thiophene rings is 1. The van der Waals surface area contributed by atoms with Crippen LogP contribution in [-0.4, -0.2) is 22.0 Å². The van der Waals surface area contributed by atoms with E-state index in [1.165, 1.54) is 15.9 Å². The number of benzene rings is 1. The van der Waals surface area contributed by atoms with Crippen LogP contribution in [0.1, 0.15) is 18.0 Å². The van der Waals surface area contributed by atoms with Gasteiger partial charge in [-0.05, 0) is 24.1 Å². The molecule has 1 aliphatic rings. The van der Waals surface area contributed by atoms with Crippen molar-refractivity contribution < 1.29 is 4.79 Å². The van der Waals surface area contributed by atoms with E-state index in [1.54, 1.807) is 0 Å². The van der Waals surface area contributed by atoms with Crippen molar-refractivity contribution in [3.63, 3.8) is 0 Å². The molecule has 0 unspecified atom stereocenters. The predicted molar refractivity (Wildman–Crippen MR) is 93.5 cm³/mol. The fourth-order valence-electron chi connectivity index (χ4n) is 3.11. The molecule has 3 aromatic rings. The second-order valence-electron chi connectivity index (χ2n) is 5.94. The minimum atomic E-state index is -0.469. The van der Waals surface area contributed by atoms with E-state index < -0.39 is 11.7 Å². The largest absolute Gasteiger partial charge is 0.354 e. The molecule has 0 radical (unpaired) electrons. The quantitative estimate of drug-likeness (QED) is 0.745. The van der Waals surface area contributed by atoms with Crippen LogP contribution in [0.2, 0.25) is 0 Å². The maximum Gasteiger partial charge on any atom is 0.329 e. The van der Waals surface area contributed by atoms with Crippen molar-refractivity contribution in [3.8, 4) is 10.4 Å². The Morgan fingerprint density at radius 1 is 1.21 bits per heavy atom. The van der Waals surface area contributed by atoms with Gasteiger partial charge in [0, 0.05) is 17.8 Å². The molecule has 1 saturated heterocycles. The molecule has 122 valence electrons. The molecule has 7 heteroatoms. The number of nitrogens with one attached hydrogen (secondary N) is 2. The summed E-state index contributed by atoms with van der Waals surface area (Å²) in [5.74, 6) is -0.141. The molecule has 4 rings (SSSR count). The maximum atomic E-state index is 12.8. The molecule has 6 nitrogen and oxygen atoms in total. The van der Waals surface area contributed by atoms with Gasteiger partial charge in [-0.25, -0.2) is 4.79 Å². The molecular formula is C17H15N3O3S. The van der Waals surface area contributed by atoms with Gasteiger partial charge in [0.1, 0.15) is 4.70 Å². The first-order chi connectivity index (χ1) is 11.5. The Kier molecular flexibility index (Phi) is 3.38. The number of fused-ring (bicyclic) bond motifs is 1. The average Bonchev–Trinajstić information content (AvgIpc) is 3.14. The summed E-state index contributed by atoms with van der Waals surface area (Å²) in [6.07, 6.45) is 0.157. The van der Waals surface area contributed by atoms with Crippen LogP contribution in [0.3, 0.4) is 0 Å². The predicted octanol–water partition coefficient (Wildman–Crippen LogP) is 1.79. The summed E-state index contributed by atoms with van der Waals surface area (Å²) in [4.78, 5) is 40.2. The second kappa shape index (κ2) is 5.45. The van der Waals surface area contributed by atoms with Gasteiger partial charge >= 0.3 is 5.69 Å². The van der Waals surface area contributed by atoms with Crippen LogP contribution >= 0.6 is 11.3 Å². The number of hydrogen-bond acceptors (Lipinski definition) is 4. The second-order valence-corrected chi connectivity index (χ2v) is 6.99. The highest BCUT2D eigenvalue weighted by atomic mass is 32.1. The number of H-pyrrole nitrogens is 1. The van der Waals surface area contributed by atoms with Crippen LogP contribution < -0.4 is 16.6 Å². The van der Waals surface area contributed by atoms with Gasteiger partial charge in [-0.1, -0.05) is 24.3 Å². The highest BCUT2D eigenvalue weighted by Crippen LogP contribution is 2.32. The first-order valence-corrected chi connectivity index (χ1v) is 8.47. The molecule has 0 spiro atoms. The highest BCUT2D eigenvalue weighted by Gasteiger charge is 2.26. The third-order valence-corrected chi connectivity index (χ3v) is 5.49. The molecular weight excluding hydrogens is 326 g/mol. The zero-order chi connectivity index (χ0) is 16.8. The molecule has 0 saturated carbocycles. The fourth-order valence-corrected chi connectivity index (χ4v) is 4.25. The SMILES string of the molecule is Cc1ccccc1-c1cc2[nH]c(=O)n([C@@H]3CNC(=O)C3)c(=O)c2s1. The van der Waals surface area contributed by atoms with E-state index >= 15 is 0 Å². The number of rotatable bonds is 2. The minimum Gasteiger partial charge on any atom is -0.354 e. The summed E-state index contributed by atoms with van der Waals surface area (Å²) < 4.78 is 1.67. The van der Waals surface area contributed by atoms with Gasteiger partial charge in [0.15, 0.2) is 0 Å². The van der Waals surface area contributed by atoms with Crippen LogP contribution in [-0.2, 0) is 4.79 Å². The van der Waals surface area contributed by atoms with Crippen LogP contribution in [0, 0.1) is 6.92 Å². The molecule has 1 aliphatic heterocycles. The molecule has 1 fully saturated rings. The number of amides is 1. The Morgan fingerprint density at radius 3 is 2.71 bits per heavy atom. The van der Waals surface area contributed by atoms with E-state index in [1.807, 2.05) is 37.3 Å². The summed E-state index contributed by atoms with van der Waals surface area (Å²) in [5.41, 5.74) is 1.89. The molecule has 1 amide bonds. The smallest absolute Gasteiger partial charge is 0.329 e. The van der Waals surface area contributed by atoms with Crippen LogP contribution in [0.15, 0.2) is 39.9 Å². The number of aromatic amines is 1. The third-order valence-electron chi connectivity index (χ3n) is 4.34. The number of aryl methyl sites for hydroxylation is 1. The molecule has 2 aromatic heterocycles. The summed E-state index contributed by atoms with van der Waals surface area (Å²) in [5, 5.41) is 2.66. The maximum absolute atomic E-state index is 12.8. The number of carbonyl (C=O) groups excluding carboxylic acids is 1. The highest BCUT2D eigenvalue weighted by molar-refractivity contribution is 7.22. The van der Waals surface area contributed by atoms with Gasteiger partial charge in [0.25, 0.3) is 5.56 Å². The summed E-state index contributed by atoms with van der Waals surface area (Å²) in [7, 11) is 0. The van der Waals surface area contributed by atoms with Gasteiger partial charge in [0.2, 0.25) is 5.91 Å². The van der Waals surface area contributed by atoms with E-state index in [0.29, 0.717) is 16.8 Å². The van der Waals surface area contributed by atoms with E-state index in [-0.39, 0.29) is 17.9 Å². The van der Waals surface area contributed by atoms with E-state index in [0.717, 1.165) is 16.0 Å². The van der Waals surface area contributed by atoms with Crippen molar-refractivity contribution in [2.24, 2.45) is 0 Å². The number of aromatic nitrogens is 2. The number of hydrogen-bond donors (Lipinski definition) is 2. The molecule has 2 N–H and O–H groups in total. The third kappa shape index (κ3) is 2.28. The number of nitrogens with zero attached hydrogens (tertiary/aromatic N) is 1. The van der Waals surface area contributed by atoms with Crippen molar-refractivity contribution in [2.45, 2.75) is 19.4 Å². The lowest BCUT2D eigenvalue weighted by Crippen LogP contribution is -2.38. The first kappa shape index (κ1) is 14.9. The van der Waals surface area contributed by atoms with Gasteiger partial charge in [-0.2, -0.15) is 0 Å². The Hall–Kier alpha value is -2.67. The lowest BCUT2D eigenvalue weighted by atomic mass is 10.1. The summed E-state index contributed by atoms with van der Waals surface area (Å²) in [6.45, 7) is 2.32. The Morgan fingerprint density at radius 2 is 2.00 bits per heavy atom. The molecule has 0 aliphatic carbocycles. The molecule has 0 bridgehead atoms. The summed E-state index contributed by atoms with van der Waals surface area (Å²) in [6, 6.07) is 9.33. The Labute approximate surface area is 140 Å². The lowest BCUT2D eigenvalue weighted by Gasteiger charge is -2.09. The van der Waals surface area contributed by atoms with E-state index in [4.69, 9.17) is 0 Å². The lowest BCUT2D eigenvalue weighted by molar-refractivity contribution is -0.119. The van der Waals surface area contributed by atoms with Gasteiger partial charge in [-0.3, -0.25) is 14.2 Å². The van der Waals surface area contributed by atoms with E-state index in [9.17, 15) is 14.4 Å².